The minimum atomic E-state index is -0.187. The van der Waals surface area contributed by atoms with E-state index in [4.69, 9.17) is 0 Å². The molecular formula is C16H16N2O. The Bertz CT molecular complexity index is 603. The fourth-order valence-electron chi connectivity index (χ4n) is 1.77. The van der Waals surface area contributed by atoms with Crippen molar-refractivity contribution in [2.24, 2.45) is 5.10 Å². The van der Waals surface area contributed by atoms with Crippen molar-refractivity contribution in [1.82, 2.24) is 5.43 Å². The van der Waals surface area contributed by atoms with Crippen LogP contribution >= 0.6 is 0 Å². The molecule has 2 aromatic carbocycles. The Morgan fingerprint density at radius 3 is 2.32 bits per heavy atom. The van der Waals surface area contributed by atoms with Crippen LogP contribution in [0, 0.1) is 6.92 Å². The molecule has 19 heavy (non-hydrogen) atoms. The van der Waals surface area contributed by atoms with Crippen molar-refractivity contribution in [3.8, 4) is 0 Å². The minimum absolute atomic E-state index is 0.187. The monoisotopic (exact) mass is 252 g/mol. The lowest BCUT2D eigenvalue weighted by Gasteiger charge is -2.05. The van der Waals surface area contributed by atoms with Gasteiger partial charge in [-0.25, -0.2) is 5.43 Å². The predicted molar refractivity (Wildman–Crippen MR) is 77.3 cm³/mol. The molecular weight excluding hydrogens is 236 g/mol. The topological polar surface area (TPSA) is 41.5 Å². The lowest BCUT2D eigenvalue weighted by atomic mass is 10.1. The molecule has 0 saturated heterocycles. The summed E-state index contributed by atoms with van der Waals surface area (Å²) in [5.41, 5.74) is 5.94. The SMILES string of the molecule is C/C(=N\NC(=O)c1ccccc1C)c1ccccc1. The van der Waals surface area contributed by atoms with Crippen molar-refractivity contribution in [3.05, 3.63) is 71.3 Å². The third-order valence-electron chi connectivity index (χ3n) is 2.91. The van der Waals surface area contributed by atoms with Crippen LogP contribution in [0.25, 0.3) is 0 Å². The number of hydrogen-bond acceptors (Lipinski definition) is 2. The Labute approximate surface area is 113 Å². The van der Waals surface area contributed by atoms with Crippen molar-refractivity contribution < 1.29 is 4.79 Å². The predicted octanol–water partition coefficient (Wildman–Crippen LogP) is 3.15. The van der Waals surface area contributed by atoms with E-state index in [-0.39, 0.29) is 5.91 Å². The van der Waals surface area contributed by atoms with E-state index in [0.717, 1.165) is 16.8 Å². The summed E-state index contributed by atoms with van der Waals surface area (Å²) in [6, 6.07) is 17.2. The normalized spacial score (nSPS) is 11.2. The lowest BCUT2D eigenvalue weighted by molar-refractivity contribution is 0.0954. The highest BCUT2D eigenvalue weighted by molar-refractivity contribution is 6.01. The molecule has 0 aromatic heterocycles. The van der Waals surface area contributed by atoms with Crippen molar-refractivity contribution in [2.45, 2.75) is 13.8 Å². The Balaban J connectivity index is 2.11. The van der Waals surface area contributed by atoms with Crippen LogP contribution in [0.4, 0.5) is 0 Å². The number of carbonyl (C=O) groups excluding carboxylic acids is 1. The number of nitrogens with zero attached hydrogens (tertiary/aromatic N) is 1. The Hall–Kier alpha value is -2.42. The van der Waals surface area contributed by atoms with Gasteiger partial charge in [0.1, 0.15) is 0 Å². The second-order valence-corrected chi connectivity index (χ2v) is 4.32. The van der Waals surface area contributed by atoms with Crippen LogP contribution in [0.1, 0.15) is 28.4 Å². The molecule has 0 saturated carbocycles. The summed E-state index contributed by atoms with van der Waals surface area (Å²) in [6.07, 6.45) is 0. The summed E-state index contributed by atoms with van der Waals surface area (Å²) in [4.78, 5) is 12.0. The average molecular weight is 252 g/mol. The van der Waals surface area contributed by atoms with Crippen LogP contribution in [-0.2, 0) is 0 Å². The molecule has 0 atom stereocenters. The van der Waals surface area contributed by atoms with Crippen LogP contribution in [0.15, 0.2) is 59.7 Å². The lowest BCUT2D eigenvalue weighted by Crippen LogP contribution is -2.20. The van der Waals surface area contributed by atoms with Crippen molar-refractivity contribution >= 4 is 11.6 Å². The molecule has 96 valence electrons. The van der Waals surface area contributed by atoms with Gasteiger partial charge in [-0.15, -0.1) is 0 Å². The number of hydrazone groups is 1. The molecule has 3 heteroatoms. The minimum Gasteiger partial charge on any atom is -0.267 e. The van der Waals surface area contributed by atoms with Gasteiger partial charge in [0.05, 0.1) is 5.71 Å². The van der Waals surface area contributed by atoms with E-state index in [0.29, 0.717) is 5.56 Å². The maximum Gasteiger partial charge on any atom is 0.271 e. The van der Waals surface area contributed by atoms with E-state index in [1.165, 1.54) is 0 Å². The first-order valence-corrected chi connectivity index (χ1v) is 6.14. The highest BCUT2D eigenvalue weighted by Gasteiger charge is 2.07. The highest BCUT2D eigenvalue weighted by Crippen LogP contribution is 2.06. The van der Waals surface area contributed by atoms with E-state index in [2.05, 4.69) is 10.5 Å². The highest BCUT2D eigenvalue weighted by atomic mass is 16.2. The summed E-state index contributed by atoms with van der Waals surface area (Å²) in [5, 5.41) is 4.13. The molecule has 0 aliphatic carbocycles. The summed E-state index contributed by atoms with van der Waals surface area (Å²) in [5.74, 6) is -0.187. The fourth-order valence-corrected chi connectivity index (χ4v) is 1.77. The molecule has 1 amide bonds. The van der Waals surface area contributed by atoms with Crippen LogP contribution in [0.2, 0.25) is 0 Å². The Morgan fingerprint density at radius 1 is 1.00 bits per heavy atom. The standard InChI is InChI=1S/C16H16N2O/c1-12-8-6-7-11-15(12)16(19)18-17-13(2)14-9-4-3-5-10-14/h3-11H,1-2H3,(H,18,19)/b17-13+. The first kappa shape index (κ1) is 13.0. The number of rotatable bonds is 3. The number of carbonyl (C=O) groups is 1. The Kier molecular flexibility index (Phi) is 4.08. The van der Waals surface area contributed by atoms with Gasteiger partial charge in [-0.3, -0.25) is 4.79 Å². The molecule has 0 heterocycles. The maximum absolute atomic E-state index is 12.0. The summed E-state index contributed by atoms with van der Waals surface area (Å²) < 4.78 is 0. The average Bonchev–Trinajstić information content (AvgIpc) is 2.46. The molecule has 2 rings (SSSR count). The molecule has 0 aliphatic heterocycles. The van der Waals surface area contributed by atoms with Gasteiger partial charge in [-0.1, -0.05) is 48.5 Å². The molecule has 0 aliphatic rings. The van der Waals surface area contributed by atoms with Gasteiger partial charge in [0.15, 0.2) is 0 Å². The van der Waals surface area contributed by atoms with Gasteiger partial charge in [-0.2, -0.15) is 5.10 Å². The van der Waals surface area contributed by atoms with Crippen molar-refractivity contribution in [2.75, 3.05) is 0 Å². The van der Waals surface area contributed by atoms with Crippen LogP contribution < -0.4 is 5.43 Å². The molecule has 1 N–H and O–H groups in total. The van der Waals surface area contributed by atoms with E-state index >= 15 is 0 Å². The van der Waals surface area contributed by atoms with Gasteiger partial charge in [-0.05, 0) is 31.0 Å². The Morgan fingerprint density at radius 2 is 1.63 bits per heavy atom. The van der Waals surface area contributed by atoms with Gasteiger partial charge < -0.3 is 0 Å². The third kappa shape index (κ3) is 3.28. The van der Waals surface area contributed by atoms with Crippen LogP contribution in [0.5, 0.6) is 0 Å². The quantitative estimate of drug-likeness (QED) is 0.661. The molecule has 0 radical (unpaired) electrons. The summed E-state index contributed by atoms with van der Waals surface area (Å²) in [7, 11) is 0. The van der Waals surface area contributed by atoms with E-state index in [9.17, 15) is 4.79 Å². The number of hydrogen-bond donors (Lipinski definition) is 1. The van der Waals surface area contributed by atoms with Gasteiger partial charge in [0, 0.05) is 5.56 Å². The van der Waals surface area contributed by atoms with E-state index < -0.39 is 0 Å². The van der Waals surface area contributed by atoms with Gasteiger partial charge >= 0.3 is 0 Å². The van der Waals surface area contributed by atoms with Gasteiger partial charge in [0.2, 0.25) is 0 Å². The zero-order chi connectivity index (χ0) is 13.7. The summed E-state index contributed by atoms with van der Waals surface area (Å²) >= 11 is 0. The molecule has 0 fully saturated rings. The van der Waals surface area contributed by atoms with Gasteiger partial charge in [0.25, 0.3) is 5.91 Å². The molecule has 3 nitrogen and oxygen atoms in total. The van der Waals surface area contributed by atoms with Crippen molar-refractivity contribution in [3.63, 3.8) is 0 Å². The fraction of sp³-hybridized carbons (Fsp3) is 0.125. The first-order chi connectivity index (χ1) is 9.18. The number of nitrogens with one attached hydrogen (secondary N) is 1. The molecule has 0 spiro atoms. The van der Waals surface area contributed by atoms with E-state index in [1.807, 2.05) is 62.4 Å². The van der Waals surface area contributed by atoms with Crippen molar-refractivity contribution in [1.29, 1.82) is 0 Å². The number of aryl methyl sites for hydroxylation is 1. The number of benzene rings is 2. The second kappa shape index (κ2) is 5.96. The molecule has 0 unspecified atom stereocenters. The largest absolute Gasteiger partial charge is 0.271 e. The summed E-state index contributed by atoms with van der Waals surface area (Å²) in [6.45, 7) is 3.77. The number of amides is 1. The molecule has 0 bridgehead atoms. The smallest absolute Gasteiger partial charge is 0.267 e. The first-order valence-electron chi connectivity index (χ1n) is 6.14. The zero-order valence-corrected chi connectivity index (χ0v) is 11.1. The third-order valence-corrected chi connectivity index (χ3v) is 2.91. The van der Waals surface area contributed by atoms with Crippen LogP contribution in [0.3, 0.4) is 0 Å². The van der Waals surface area contributed by atoms with Crippen LogP contribution in [-0.4, -0.2) is 11.6 Å². The maximum atomic E-state index is 12.0. The zero-order valence-electron chi connectivity index (χ0n) is 11.1. The second-order valence-electron chi connectivity index (χ2n) is 4.32. The van der Waals surface area contributed by atoms with E-state index in [1.54, 1.807) is 6.07 Å². The molecule has 2 aromatic rings.